The predicted octanol–water partition coefficient (Wildman–Crippen LogP) is 3.61. The average molecular weight is 372 g/mol. The molecule has 2 N–H and O–H groups in total. The van der Waals surface area contributed by atoms with E-state index in [1.807, 2.05) is 16.0 Å². The molecular weight excluding hydrogens is 348 g/mol. The highest BCUT2D eigenvalue weighted by molar-refractivity contribution is 7.71. The summed E-state index contributed by atoms with van der Waals surface area (Å²) in [7, 11) is 0. The number of aromatic amines is 1. The van der Waals surface area contributed by atoms with Crippen LogP contribution in [-0.2, 0) is 13.1 Å². The van der Waals surface area contributed by atoms with E-state index in [1.54, 1.807) is 4.90 Å². The smallest absolute Gasteiger partial charge is 0.221 e. The third kappa shape index (κ3) is 3.47. The van der Waals surface area contributed by atoms with Crippen molar-refractivity contribution in [3.63, 3.8) is 0 Å². The molecule has 3 heterocycles. The standard InChI is InChI=1S/C19H22N4S2/c1-2-14-7-9-15(10-8-14)18-20-19(24)23(21-18)13-22-11-3-5-16(22)17-6-4-12-25-17/h4,6-10,12,16H,2-3,5,11,13H2,1H3,(H,20,21,24)/p+1/t16-/m1/s1. The van der Waals surface area contributed by atoms with E-state index in [0.29, 0.717) is 10.8 Å². The number of aryl methyl sites for hydroxylation is 1. The van der Waals surface area contributed by atoms with Crippen LogP contribution in [0, 0.1) is 4.77 Å². The molecule has 6 heteroatoms. The van der Waals surface area contributed by atoms with E-state index in [-0.39, 0.29) is 0 Å². The van der Waals surface area contributed by atoms with Crippen LogP contribution >= 0.6 is 23.6 Å². The summed E-state index contributed by atoms with van der Waals surface area (Å²) in [6.45, 7) is 4.20. The van der Waals surface area contributed by atoms with Crippen LogP contribution < -0.4 is 4.90 Å². The molecule has 2 atom stereocenters. The number of nitrogens with zero attached hydrogens (tertiary/aromatic N) is 2. The zero-order valence-electron chi connectivity index (χ0n) is 14.4. The third-order valence-electron chi connectivity index (χ3n) is 5.05. The Kier molecular flexibility index (Phi) is 4.83. The Hall–Kier alpha value is -1.76. The van der Waals surface area contributed by atoms with Crippen molar-refractivity contribution in [1.29, 1.82) is 0 Å². The number of hydrogen-bond donors (Lipinski definition) is 2. The quantitative estimate of drug-likeness (QED) is 0.673. The minimum Gasteiger partial charge on any atom is -0.309 e. The molecule has 1 unspecified atom stereocenters. The molecule has 25 heavy (non-hydrogen) atoms. The summed E-state index contributed by atoms with van der Waals surface area (Å²) in [4.78, 5) is 7.62. The molecule has 3 aromatic rings. The molecule has 1 aliphatic rings. The fourth-order valence-corrected chi connectivity index (χ4v) is 4.75. The summed E-state index contributed by atoms with van der Waals surface area (Å²) < 4.78 is 2.67. The van der Waals surface area contributed by atoms with Crippen LogP contribution in [0.25, 0.3) is 11.4 Å². The molecular formula is C19H23N4S2+. The van der Waals surface area contributed by atoms with Gasteiger partial charge < -0.3 is 4.90 Å². The summed E-state index contributed by atoms with van der Waals surface area (Å²) in [5.41, 5.74) is 2.43. The molecule has 130 valence electrons. The van der Waals surface area contributed by atoms with Gasteiger partial charge in [0.25, 0.3) is 0 Å². The Labute approximate surface area is 157 Å². The van der Waals surface area contributed by atoms with E-state index in [4.69, 9.17) is 12.2 Å². The Bertz CT molecular complexity index is 877. The maximum Gasteiger partial charge on any atom is 0.221 e. The number of rotatable bonds is 5. The number of thiophene rings is 1. The SMILES string of the molecule is CCc1ccc(-c2nc(=S)n(C[NH+]3CCC[C@@H]3c3cccs3)[nH]2)cc1. The van der Waals surface area contributed by atoms with Gasteiger partial charge in [-0.2, -0.15) is 4.98 Å². The number of nitrogens with one attached hydrogen (secondary N) is 2. The van der Waals surface area contributed by atoms with Crippen LogP contribution in [-0.4, -0.2) is 21.3 Å². The summed E-state index contributed by atoms with van der Waals surface area (Å²) in [5, 5.41) is 5.58. The molecule has 0 bridgehead atoms. The van der Waals surface area contributed by atoms with E-state index >= 15 is 0 Å². The van der Waals surface area contributed by atoms with Gasteiger partial charge in [-0.25, -0.2) is 4.68 Å². The third-order valence-corrected chi connectivity index (χ3v) is 6.34. The van der Waals surface area contributed by atoms with Gasteiger partial charge in [-0.3, -0.25) is 5.10 Å². The van der Waals surface area contributed by atoms with Crippen molar-refractivity contribution in [2.24, 2.45) is 0 Å². The van der Waals surface area contributed by atoms with Crippen molar-refractivity contribution < 1.29 is 4.90 Å². The van der Waals surface area contributed by atoms with Gasteiger partial charge in [0, 0.05) is 18.4 Å². The van der Waals surface area contributed by atoms with Crippen LogP contribution in [0.15, 0.2) is 41.8 Å². The Balaban J connectivity index is 1.55. The molecule has 1 aromatic carbocycles. The maximum absolute atomic E-state index is 5.50. The van der Waals surface area contributed by atoms with Crippen LogP contribution in [0.1, 0.15) is 36.2 Å². The lowest BCUT2D eigenvalue weighted by molar-refractivity contribution is -0.941. The molecule has 0 saturated carbocycles. The van der Waals surface area contributed by atoms with Gasteiger partial charge in [0.15, 0.2) is 12.5 Å². The van der Waals surface area contributed by atoms with E-state index in [1.165, 1.54) is 29.8 Å². The van der Waals surface area contributed by atoms with Crippen molar-refractivity contribution in [2.75, 3.05) is 6.54 Å². The lowest BCUT2D eigenvalue weighted by Crippen LogP contribution is -3.09. The molecule has 1 aliphatic heterocycles. The van der Waals surface area contributed by atoms with Crippen LogP contribution in [0.3, 0.4) is 0 Å². The molecule has 0 spiro atoms. The second kappa shape index (κ2) is 7.23. The predicted molar refractivity (Wildman–Crippen MR) is 104 cm³/mol. The van der Waals surface area contributed by atoms with Gasteiger partial charge in [-0.05, 0) is 35.6 Å². The molecule has 4 nitrogen and oxygen atoms in total. The minimum atomic E-state index is 0.581. The van der Waals surface area contributed by atoms with E-state index < -0.39 is 0 Å². The van der Waals surface area contributed by atoms with E-state index in [2.05, 4.69) is 58.8 Å². The lowest BCUT2D eigenvalue weighted by Gasteiger charge is -2.20. The van der Waals surface area contributed by atoms with Crippen LogP contribution in [0.2, 0.25) is 0 Å². The molecule has 0 aliphatic carbocycles. The van der Waals surface area contributed by atoms with Gasteiger partial charge in [-0.15, -0.1) is 11.3 Å². The normalized spacial score (nSPS) is 20.2. The molecule has 1 fully saturated rings. The van der Waals surface area contributed by atoms with Crippen molar-refractivity contribution in [1.82, 2.24) is 14.8 Å². The minimum absolute atomic E-state index is 0.581. The zero-order valence-corrected chi connectivity index (χ0v) is 16.0. The molecule has 0 radical (unpaired) electrons. The average Bonchev–Trinajstić information content (AvgIpc) is 3.37. The Morgan fingerprint density at radius 2 is 2.16 bits per heavy atom. The highest BCUT2D eigenvalue weighted by atomic mass is 32.1. The first kappa shape index (κ1) is 16.7. The lowest BCUT2D eigenvalue weighted by atomic mass is 10.1. The van der Waals surface area contributed by atoms with Crippen molar-refractivity contribution in [3.8, 4) is 11.4 Å². The van der Waals surface area contributed by atoms with Gasteiger partial charge in [-0.1, -0.05) is 37.3 Å². The van der Waals surface area contributed by atoms with Crippen LogP contribution in [0.5, 0.6) is 0 Å². The highest BCUT2D eigenvalue weighted by Crippen LogP contribution is 2.23. The molecule has 4 rings (SSSR count). The second-order valence-electron chi connectivity index (χ2n) is 6.61. The fraction of sp³-hybridized carbons (Fsp3) is 0.368. The summed E-state index contributed by atoms with van der Waals surface area (Å²) in [5.74, 6) is 0.860. The number of H-pyrrole nitrogens is 1. The van der Waals surface area contributed by atoms with Gasteiger partial charge in [0.2, 0.25) is 4.77 Å². The molecule has 1 saturated heterocycles. The van der Waals surface area contributed by atoms with Gasteiger partial charge >= 0.3 is 0 Å². The first-order valence-electron chi connectivity index (χ1n) is 8.88. The van der Waals surface area contributed by atoms with Crippen molar-refractivity contribution in [2.45, 2.75) is 38.9 Å². The first-order chi connectivity index (χ1) is 12.2. The first-order valence-corrected chi connectivity index (χ1v) is 10.2. The number of likely N-dealkylation sites (tertiary alicyclic amines) is 1. The largest absolute Gasteiger partial charge is 0.309 e. The number of benzene rings is 1. The Morgan fingerprint density at radius 1 is 1.32 bits per heavy atom. The van der Waals surface area contributed by atoms with Gasteiger partial charge in [0.1, 0.15) is 6.04 Å². The fourth-order valence-electron chi connectivity index (χ4n) is 3.63. The summed E-state index contributed by atoms with van der Waals surface area (Å²) in [6.07, 6.45) is 3.57. The summed E-state index contributed by atoms with van der Waals surface area (Å²) in [6, 6.07) is 13.5. The van der Waals surface area contributed by atoms with E-state index in [0.717, 1.165) is 24.5 Å². The van der Waals surface area contributed by atoms with E-state index in [9.17, 15) is 0 Å². The van der Waals surface area contributed by atoms with Gasteiger partial charge in [0.05, 0.1) is 11.4 Å². The number of quaternary nitrogens is 1. The zero-order chi connectivity index (χ0) is 17.2. The van der Waals surface area contributed by atoms with Crippen molar-refractivity contribution >= 4 is 23.6 Å². The topological polar surface area (TPSA) is 38.0 Å². The monoisotopic (exact) mass is 371 g/mol. The second-order valence-corrected chi connectivity index (χ2v) is 7.95. The summed E-state index contributed by atoms with van der Waals surface area (Å²) >= 11 is 7.37. The maximum atomic E-state index is 5.50. The van der Waals surface area contributed by atoms with Crippen LogP contribution in [0.4, 0.5) is 0 Å². The Morgan fingerprint density at radius 3 is 2.88 bits per heavy atom. The highest BCUT2D eigenvalue weighted by Gasteiger charge is 2.31. The molecule has 0 amide bonds. The molecule has 2 aromatic heterocycles. The number of aromatic nitrogens is 3. The van der Waals surface area contributed by atoms with Crippen molar-refractivity contribution in [3.05, 3.63) is 57.0 Å². The number of hydrogen-bond acceptors (Lipinski definition) is 3.